The van der Waals surface area contributed by atoms with Gasteiger partial charge in [-0.25, -0.2) is 0 Å². The molecule has 0 saturated heterocycles. The van der Waals surface area contributed by atoms with Crippen molar-refractivity contribution in [2.24, 2.45) is 0 Å². The normalized spacial score (nSPS) is 22.5. The molecule has 0 N–H and O–H groups in total. The molecular weight excluding hydrogens is 305 g/mol. The monoisotopic (exact) mass is 305 g/mol. The molecule has 0 nitrogen and oxygen atoms in total. The van der Waals surface area contributed by atoms with Crippen molar-refractivity contribution in [1.82, 2.24) is 0 Å². The van der Waals surface area contributed by atoms with Crippen molar-refractivity contribution >= 4 is 58.0 Å². The maximum absolute atomic E-state index is 5.85. The Morgan fingerprint density at radius 2 is 1.75 bits per heavy atom. The Kier molecular flexibility index (Phi) is 3.75. The van der Waals surface area contributed by atoms with E-state index in [0.717, 1.165) is 0 Å². The summed E-state index contributed by atoms with van der Waals surface area (Å²) < 4.78 is -0.848. The van der Waals surface area contributed by atoms with Crippen molar-refractivity contribution in [3.63, 3.8) is 0 Å². The van der Waals surface area contributed by atoms with Crippen LogP contribution in [0.2, 0.25) is 0 Å². The number of hydrogen-bond acceptors (Lipinski definition) is 0. The second-order valence-electron chi connectivity index (χ2n) is 2.12. The molecule has 0 aromatic rings. The van der Waals surface area contributed by atoms with Gasteiger partial charge >= 0.3 is 104 Å². The van der Waals surface area contributed by atoms with E-state index < -0.39 is 4.33 Å². The van der Waals surface area contributed by atoms with E-state index in [1.54, 1.807) is 0 Å². The molecule has 6 heteroatoms. The topological polar surface area (TPSA) is 0 Å². The van der Waals surface area contributed by atoms with Gasteiger partial charge in [-0.2, -0.15) is 0 Å². The van der Waals surface area contributed by atoms with Crippen LogP contribution in [0.25, 0.3) is 0 Å². The average molecular weight is 307 g/mol. The molecular formula is C6H2Cl5Fe. The van der Waals surface area contributed by atoms with Crippen LogP contribution in [0, 0.1) is 0 Å². The van der Waals surface area contributed by atoms with Crippen LogP contribution in [0.5, 0.6) is 0 Å². The van der Waals surface area contributed by atoms with Crippen LogP contribution in [0.4, 0.5) is 0 Å². The van der Waals surface area contributed by atoms with E-state index >= 15 is 0 Å². The van der Waals surface area contributed by atoms with Crippen LogP contribution in [-0.2, 0) is 16.0 Å². The third-order valence-electron chi connectivity index (χ3n) is 1.39. The standard InChI is InChI=1S/C6H2Cl5.Fe/c7-2-3-1-6(10,11)5(9)4(3)8;/h2H2;. The molecule has 0 aromatic carbocycles. The van der Waals surface area contributed by atoms with Crippen molar-refractivity contribution in [3.8, 4) is 0 Å². The van der Waals surface area contributed by atoms with Gasteiger partial charge < -0.3 is 0 Å². The Morgan fingerprint density at radius 1 is 1.25 bits per heavy atom. The van der Waals surface area contributed by atoms with E-state index in [2.05, 4.69) is 16.0 Å². The van der Waals surface area contributed by atoms with E-state index in [0.29, 0.717) is 15.1 Å². The summed E-state index contributed by atoms with van der Waals surface area (Å²) in [6.07, 6.45) is 0. The van der Waals surface area contributed by atoms with Gasteiger partial charge in [-0.1, -0.05) is 0 Å². The van der Waals surface area contributed by atoms with Crippen molar-refractivity contribution in [2.75, 3.05) is 5.88 Å². The average Bonchev–Trinajstić information content (AvgIpc) is 2.15. The molecule has 0 radical (unpaired) electrons. The molecule has 0 unspecified atom stereocenters. The number of alkyl halides is 3. The van der Waals surface area contributed by atoms with E-state index in [9.17, 15) is 0 Å². The number of rotatable bonds is 1. The first-order valence-corrected chi connectivity index (χ1v) is 5.40. The fourth-order valence-electron chi connectivity index (χ4n) is 0.763. The van der Waals surface area contributed by atoms with E-state index in [1.807, 2.05) is 0 Å². The Bertz CT molecular complexity index is 278. The molecule has 0 heterocycles. The van der Waals surface area contributed by atoms with Crippen LogP contribution in [0.15, 0.2) is 20.1 Å². The predicted octanol–water partition coefficient (Wildman–Crippen LogP) is 3.90. The third-order valence-corrected chi connectivity index (χ3v) is 4.64. The molecule has 0 aliphatic heterocycles. The maximum atomic E-state index is 5.85. The van der Waals surface area contributed by atoms with E-state index in [-0.39, 0.29) is 10.9 Å². The van der Waals surface area contributed by atoms with Gasteiger partial charge in [0.2, 0.25) is 0 Å². The van der Waals surface area contributed by atoms with Gasteiger partial charge in [0, 0.05) is 0 Å². The SMILES string of the molecule is ClCC1=[C]([Fe])C(Cl)(Cl)C(Cl)=C1Cl. The van der Waals surface area contributed by atoms with Crippen molar-refractivity contribution in [3.05, 3.63) is 20.1 Å². The van der Waals surface area contributed by atoms with Gasteiger partial charge in [-0.05, 0) is 0 Å². The van der Waals surface area contributed by atoms with Crippen molar-refractivity contribution < 1.29 is 16.0 Å². The fraction of sp³-hybridized carbons (Fsp3) is 0.333. The second-order valence-corrected chi connectivity index (χ2v) is 5.02. The summed E-state index contributed by atoms with van der Waals surface area (Å²) >= 11 is 32.5. The summed E-state index contributed by atoms with van der Waals surface area (Å²) in [5.74, 6) is 0.203. The van der Waals surface area contributed by atoms with E-state index in [4.69, 9.17) is 58.0 Å². The van der Waals surface area contributed by atoms with Crippen LogP contribution >= 0.6 is 58.0 Å². The van der Waals surface area contributed by atoms with Gasteiger partial charge in [0.05, 0.1) is 0 Å². The summed E-state index contributed by atoms with van der Waals surface area (Å²) in [6, 6.07) is 0. The van der Waals surface area contributed by atoms with Crippen molar-refractivity contribution in [1.29, 1.82) is 0 Å². The summed E-state index contributed by atoms with van der Waals surface area (Å²) in [5, 5.41) is 0.481. The Balaban J connectivity index is 3.24. The molecule has 12 heavy (non-hydrogen) atoms. The Labute approximate surface area is 104 Å². The second kappa shape index (κ2) is 3.90. The summed E-state index contributed by atoms with van der Waals surface area (Å²) in [5.41, 5.74) is 0.605. The summed E-state index contributed by atoms with van der Waals surface area (Å²) in [7, 11) is 0. The molecule has 0 saturated carbocycles. The molecule has 1 aliphatic carbocycles. The molecule has 69 valence electrons. The van der Waals surface area contributed by atoms with Crippen LogP contribution in [0.1, 0.15) is 0 Å². The molecule has 1 aliphatic rings. The van der Waals surface area contributed by atoms with Gasteiger partial charge in [-0.15, -0.1) is 0 Å². The molecule has 1 rings (SSSR count). The Hall–Kier alpha value is 1.45. The Morgan fingerprint density at radius 3 is 1.92 bits per heavy atom. The first kappa shape index (κ1) is 11.5. The number of hydrogen-bond donors (Lipinski definition) is 0. The van der Waals surface area contributed by atoms with Gasteiger partial charge in [0.15, 0.2) is 0 Å². The van der Waals surface area contributed by atoms with Crippen LogP contribution < -0.4 is 0 Å². The minimum atomic E-state index is -1.30. The van der Waals surface area contributed by atoms with Crippen LogP contribution in [-0.4, -0.2) is 10.2 Å². The molecule has 0 bridgehead atoms. The molecule has 0 amide bonds. The minimum absolute atomic E-state index is 0.174. The zero-order chi connectivity index (χ0) is 9.52. The molecule has 0 atom stereocenters. The van der Waals surface area contributed by atoms with Crippen LogP contribution in [0.3, 0.4) is 0 Å². The van der Waals surface area contributed by atoms with Gasteiger partial charge in [0.1, 0.15) is 0 Å². The molecule has 0 aromatic heterocycles. The quantitative estimate of drug-likeness (QED) is 0.509. The summed E-state index contributed by atoms with van der Waals surface area (Å²) in [4.78, 5) is 0. The van der Waals surface area contributed by atoms with Crippen molar-refractivity contribution in [2.45, 2.75) is 4.33 Å². The van der Waals surface area contributed by atoms with Gasteiger partial charge in [-0.3, -0.25) is 0 Å². The fourth-order valence-corrected chi connectivity index (χ4v) is 2.75. The van der Waals surface area contributed by atoms with Gasteiger partial charge in [0.25, 0.3) is 0 Å². The number of allylic oxidation sites excluding steroid dienone is 4. The predicted molar refractivity (Wildman–Crippen MR) is 50.9 cm³/mol. The zero-order valence-electron chi connectivity index (χ0n) is 5.45. The first-order chi connectivity index (χ1) is 5.42. The third kappa shape index (κ3) is 1.66. The zero-order valence-corrected chi connectivity index (χ0v) is 10.3. The number of halogens is 5. The molecule has 0 spiro atoms. The summed E-state index contributed by atoms with van der Waals surface area (Å²) in [6.45, 7) is 0. The first-order valence-electron chi connectivity index (χ1n) is 2.80. The molecule has 0 fully saturated rings. The van der Waals surface area contributed by atoms with E-state index in [1.165, 1.54) is 0 Å².